The lowest BCUT2D eigenvalue weighted by molar-refractivity contribution is 0.228. The number of rotatable bonds is 5. The molecule has 2 aromatic rings. The number of allylic oxidation sites excluding steroid dienone is 2. The Balaban J connectivity index is 2.22. The molecule has 0 aromatic heterocycles. The second kappa shape index (κ2) is 6.36. The Morgan fingerprint density at radius 3 is 2.10 bits per heavy atom. The maximum absolute atomic E-state index is 10.2. The van der Waals surface area contributed by atoms with Crippen LogP contribution in [0.4, 0.5) is 0 Å². The summed E-state index contributed by atoms with van der Waals surface area (Å²) in [5.74, 6) is 0. The molecule has 0 aliphatic carbocycles. The molecule has 2 atom stereocenters. The predicted octanol–water partition coefficient (Wildman–Crippen LogP) is 4.42. The second-order valence-electron chi connectivity index (χ2n) is 5.07. The van der Waals surface area contributed by atoms with E-state index in [4.69, 9.17) is 0 Å². The third-order valence-corrected chi connectivity index (χ3v) is 3.59. The van der Waals surface area contributed by atoms with Crippen molar-refractivity contribution in [3.05, 3.63) is 96.6 Å². The van der Waals surface area contributed by atoms with Crippen molar-refractivity contribution < 1.29 is 5.11 Å². The molecule has 1 N–H and O–H groups in total. The Morgan fingerprint density at radius 2 is 1.55 bits per heavy atom. The van der Waals surface area contributed by atoms with Gasteiger partial charge in [-0.3, -0.25) is 0 Å². The highest BCUT2D eigenvalue weighted by Crippen LogP contribution is 2.28. The molecule has 0 amide bonds. The average molecular weight is 264 g/mol. The molecular weight excluding hydrogens is 244 g/mol. The summed E-state index contributed by atoms with van der Waals surface area (Å²) >= 11 is 0. The molecule has 0 heterocycles. The molecule has 2 rings (SSSR count). The minimum atomic E-state index is -0.598. The lowest BCUT2D eigenvalue weighted by Crippen LogP contribution is -2.15. The molecule has 0 fully saturated rings. The third-order valence-electron chi connectivity index (χ3n) is 3.59. The van der Waals surface area contributed by atoms with Gasteiger partial charge in [0.05, 0.1) is 6.10 Å². The number of aliphatic hydroxyl groups excluding tert-OH is 1. The van der Waals surface area contributed by atoms with Crippen molar-refractivity contribution in [3.8, 4) is 0 Å². The van der Waals surface area contributed by atoms with Crippen LogP contribution in [-0.2, 0) is 5.41 Å². The number of hydrogen-bond donors (Lipinski definition) is 1. The Labute approximate surface area is 120 Å². The maximum Gasteiger partial charge on any atom is 0.0972 e. The Bertz CT molecular complexity index is 571. The van der Waals surface area contributed by atoms with Crippen molar-refractivity contribution in [2.24, 2.45) is 0 Å². The molecule has 0 aliphatic heterocycles. The molecule has 1 nitrogen and oxygen atoms in total. The maximum atomic E-state index is 10.2. The fourth-order valence-electron chi connectivity index (χ4n) is 2.13. The van der Waals surface area contributed by atoms with Crippen LogP contribution in [0, 0.1) is 0 Å². The highest BCUT2D eigenvalue weighted by atomic mass is 16.3. The van der Waals surface area contributed by atoms with E-state index >= 15 is 0 Å². The molecule has 0 saturated carbocycles. The summed E-state index contributed by atoms with van der Waals surface area (Å²) in [5, 5.41) is 10.2. The molecule has 0 radical (unpaired) electrons. The Morgan fingerprint density at radius 1 is 1.00 bits per heavy atom. The summed E-state index contributed by atoms with van der Waals surface area (Å²) in [7, 11) is 0. The first-order chi connectivity index (χ1) is 9.65. The van der Waals surface area contributed by atoms with Crippen molar-refractivity contribution >= 4 is 0 Å². The first-order valence-electron chi connectivity index (χ1n) is 6.77. The molecule has 0 bridgehead atoms. The van der Waals surface area contributed by atoms with Crippen LogP contribution >= 0.6 is 0 Å². The summed E-state index contributed by atoms with van der Waals surface area (Å²) < 4.78 is 0. The van der Waals surface area contributed by atoms with Crippen LogP contribution in [0.25, 0.3) is 0 Å². The van der Waals surface area contributed by atoms with Crippen LogP contribution in [-0.4, -0.2) is 5.11 Å². The number of aliphatic hydroxyl groups is 1. The standard InChI is InChI=1S/C19H20O/c1-3-19(2,17-12-8-5-9-13-17)15-14-18(20)16-10-6-4-7-11-16/h3-15,18,20H,1H2,2H3. The summed E-state index contributed by atoms with van der Waals surface area (Å²) in [4.78, 5) is 0. The second-order valence-corrected chi connectivity index (χ2v) is 5.07. The van der Waals surface area contributed by atoms with Gasteiger partial charge >= 0.3 is 0 Å². The van der Waals surface area contributed by atoms with Crippen LogP contribution in [0.3, 0.4) is 0 Å². The molecule has 1 heteroatoms. The quantitative estimate of drug-likeness (QED) is 0.793. The number of benzene rings is 2. The Hall–Kier alpha value is -2.12. The van der Waals surface area contributed by atoms with Crippen LogP contribution < -0.4 is 0 Å². The van der Waals surface area contributed by atoms with Crippen molar-refractivity contribution in [2.45, 2.75) is 18.4 Å². The van der Waals surface area contributed by atoms with Gasteiger partial charge in [0, 0.05) is 5.41 Å². The van der Waals surface area contributed by atoms with Gasteiger partial charge in [-0.1, -0.05) is 78.9 Å². The van der Waals surface area contributed by atoms with Gasteiger partial charge in [-0.05, 0) is 18.1 Å². The zero-order chi connectivity index (χ0) is 14.4. The topological polar surface area (TPSA) is 20.2 Å². The van der Waals surface area contributed by atoms with E-state index in [1.165, 1.54) is 0 Å². The molecule has 0 aliphatic rings. The first-order valence-corrected chi connectivity index (χ1v) is 6.77. The summed E-state index contributed by atoms with van der Waals surface area (Å²) in [6, 6.07) is 19.8. The zero-order valence-electron chi connectivity index (χ0n) is 11.7. The van der Waals surface area contributed by atoms with Crippen molar-refractivity contribution in [1.82, 2.24) is 0 Å². The third kappa shape index (κ3) is 3.25. The van der Waals surface area contributed by atoms with E-state index in [9.17, 15) is 5.11 Å². The van der Waals surface area contributed by atoms with Crippen LogP contribution in [0.5, 0.6) is 0 Å². The van der Waals surface area contributed by atoms with Crippen LogP contribution in [0.2, 0.25) is 0 Å². The van der Waals surface area contributed by atoms with Crippen molar-refractivity contribution in [2.75, 3.05) is 0 Å². The molecule has 102 valence electrons. The summed E-state index contributed by atoms with van der Waals surface area (Å²) in [5.41, 5.74) is 1.77. The zero-order valence-corrected chi connectivity index (χ0v) is 11.7. The van der Waals surface area contributed by atoms with Gasteiger partial charge < -0.3 is 5.11 Å². The fraction of sp³-hybridized carbons (Fsp3) is 0.158. The monoisotopic (exact) mass is 264 g/mol. The molecular formula is C19H20O. The largest absolute Gasteiger partial charge is 0.384 e. The van der Waals surface area contributed by atoms with Crippen LogP contribution in [0.1, 0.15) is 24.2 Å². The van der Waals surface area contributed by atoms with E-state index in [2.05, 4.69) is 25.6 Å². The Kier molecular flexibility index (Phi) is 4.54. The van der Waals surface area contributed by atoms with Gasteiger partial charge in [-0.25, -0.2) is 0 Å². The average Bonchev–Trinajstić information content (AvgIpc) is 2.54. The van der Waals surface area contributed by atoms with Gasteiger partial charge in [-0.15, -0.1) is 6.58 Å². The normalized spacial score (nSPS) is 15.7. The van der Waals surface area contributed by atoms with Gasteiger partial charge in [0.1, 0.15) is 0 Å². The smallest absolute Gasteiger partial charge is 0.0972 e. The van der Waals surface area contributed by atoms with E-state index in [-0.39, 0.29) is 5.41 Å². The minimum absolute atomic E-state index is 0.281. The van der Waals surface area contributed by atoms with Gasteiger partial charge in [0.15, 0.2) is 0 Å². The lowest BCUT2D eigenvalue weighted by Gasteiger charge is -2.22. The van der Waals surface area contributed by atoms with Crippen molar-refractivity contribution in [3.63, 3.8) is 0 Å². The minimum Gasteiger partial charge on any atom is -0.384 e. The summed E-state index contributed by atoms with van der Waals surface area (Å²) in [6.45, 7) is 6.01. The predicted molar refractivity (Wildman–Crippen MR) is 84.5 cm³/mol. The van der Waals surface area contributed by atoms with E-state index in [1.807, 2.05) is 66.8 Å². The van der Waals surface area contributed by atoms with E-state index in [0.717, 1.165) is 11.1 Å². The fourth-order valence-corrected chi connectivity index (χ4v) is 2.13. The van der Waals surface area contributed by atoms with Crippen LogP contribution in [0.15, 0.2) is 85.5 Å². The molecule has 0 saturated heterocycles. The molecule has 2 unspecified atom stereocenters. The van der Waals surface area contributed by atoms with E-state index in [1.54, 1.807) is 0 Å². The highest BCUT2D eigenvalue weighted by molar-refractivity contribution is 5.36. The van der Waals surface area contributed by atoms with E-state index < -0.39 is 6.10 Å². The van der Waals surface area contributed by atoms with E-state index in [0.29, 0.717) is 0 Å². The SMILES string of the molecule is C=CC(C)(C=CC(O)c1ccccc1)c1ccccc1. The highest BCUT2D eigenvalue weighted by Gasteiger charge is 2.19. The molecule has 20 heavy (non-hydrogen) atoms. The van der Waals surface area contributed by atoms with Gasteiger partial charge in [-0.2, -0.15) is 0 Å². The lowest BCUT2D eigenvalue weighted by atomic mass is 9.82. The molecule has 2 aromatic carbocycles. The summed E-state index contributed by atoms with van der Waals surface area (Å²) in [6.07, 6.45) is 5.13. The molecule has 0 spiro atoms. The number of hydrogen-bond acceptors (Lipinski definition) is 1. The first kappa shape index (κ1) is 14.3. The van der Waals surface area contributed by atoms with Gasteiger partial charge in [0.2, 0.25) is 0 Å². The van der Waals surface area contributed by atoms with Gasteiger partial charge in [0.25, 0.3) is 0 Å². The van der Waals surface area contributed by atoms with Crippen molar-refractivity contribution in [1.29, 1.82) is 0 Å².